The van der Waals surface area contributed by atoms with Crippen molar-refractivity contribution in [1.29, 1.82) is 0 Å². The second-order valence-corrected chi connectivity index (χ2v) is 7.41. The molecule has 0 bridgehead atoms. The van der Waals surface area contributed by atoms with Gasteiger partial charge in [-0.1, -0.05) is 6.07 Å². The number of rotatable bonds is 5. The molecule has 4 heterocycles. The Bertz CT molecular complexity index is 1080. The number of halogens is 1. The van der Waals surface area contributed by atoms with Crippen LogP contribution in [-0.2, 0) is 6.54 Å². The topological polar surface area (TPSA) is 107 Å². The highest BCUT2D eigenvalue weighted by atomic mass is 79.9. The predicted octanol–water partition coefficient (Wildman–Crippen LogP) is 3.45. The number of nitrogens with one attached hydrogen (secondary N) is 1. The highest BCUT2D eigenvalue weighted by Gasteiger charge is 2.14. The average Bonchev–Trinajstić information content (AvgIpc) is 3.33. The van der Waals surface area contributed by atoms with E-state index in [0.717, 1.165) is 21.8 Å². The van der Waals surface area contributed by atoms with E-state index in [9.17, 15) is 0 Å². The summed E-state index contributed by atoms with van der Waals surface area (Å²) in [5, 5.41) is 7.63. The molecule has 0 atom stereocenters. The van der Waals surface area contributed by atoms with Gasteiger partial charge in [0, 0.05) is 22.8 Å². The summed E-state index contributed by atoms with van der Waals surface area (Å²) >= 11 is 5.04. The number of anilines is 2. The van der Waals surface area contributed by atoms with Gasteiger partial charge >= 0.3 is 0 Å². The van der Waals surface area contributed by atoms with Gasteiger partial charge in [-0.05, 0) is 35.0 Å². The van der Waals surface area contributed by atoms with E-state index in [-0.39, 0.29) is 0 Å². The monoisotopic (exact) mass is 442 g/mol. The first-order chi connectivity index (χ1) is 13.1. The van der Waals surface area contributed by atoms with Crippen LogP contribution in [0.25, 0.3) is 17.2 Å². The fourth-order valence-corrected chi connectivity index (χ4v) is 3.46. The van der Waals surface area contributed by atoms with Crippen LogP contribution in [0.15, 0.2) is 46.8 Å². The van der Waals surface area contributed by atoms with Crippen LogP contribution in [0.3, 0.4) is 0 Å². The zero-order valence-electron chi connectivity index (χ0n) is 14.3. The number of hydrogen-bond donors (Lipinski definition) is 2. The SMILES string of the molecule is Cc1ncsc1CNc1nc(-n2cc(-c3ccccn3)cn2)nc(N)c1Br. The van der Waals surface area contributed by atoms with Gasteiger partial charge < -0.3 is 11.1 Å². The Morgan fingerprint density at radius 1 is 1.26 bits per heavy atom. The van der Waals surface area contributed by atoms with Crippen molar-refractivity contribution in [3.8, 4) is 17.2 Å². The van der Waals surface area contributed by atoms with Gasteiger partial charge in [-0.3, -0.25) is 4.98 Å². The Labute approximate surface area is 167 Å². The van der Waals surface area contributed by atoms with Crippen LogP contribution in [0.2, 0.25) is 0 Å². The molecule has 0 saturated heterocycles. The fourth-order valence-electron chi connectivity index (χ4n) is 2.43. The second-order valence-electron chi connectivity index (χ2n) is 5.67. The van der Waals surface area contributed by atoms with Crippen molar-refractivity contribution in [2.24, 2.45) is 0 Å². The Kier molecular flexibility index (Phi) is 4.82. The summed E-state index contributed by atoms with van der Waals surface area (Å²) in [6.07, 6.45) is 5.28. The molecule has 0 saturated carbocycles. The van der Waals surface area contributed by atoms with E-state index in [2.05, 4.69) is 46.3 Å². The molecule has 0 unspecified atom stereocenters. The first-order valence-electron chi connectivity index (χ1n) is 8.04. The zero-order chi connectivity index (χ0) is 18.8. The normalized spacial score (nSPS) is 10.9. The molecule has 0 radical (unpaired) electrons. The van der Waals surface area contributed by atoms with Gasteiger partial charge in [-0.15, -0.1) is 11.3 Å². The third kappa shape index (κ3) is 3.67. The Hall–Kier alpha value is -2.85. The number of nitrogens with zero attached hydrogens (tertiary/aromatic N) is 6. The summed E-state index contributed by atoms with van der Waals surface area (Å²) in [5.74, 6) is 1.31. The summed E-state index contributed by atoms with van der Waals surface area (Å²) in [4.78, 5) is 18.6. The number of thiazole rings is 1. The molecule has 0 aromatic carbocycles. The largest absolute Gasteiger partial charge is 0.383 e. The average molecular weight is 443 g/mol. The lowest BCUT2D eigenvalue weighted by Crippen LogP contribution is -2.10. The van der Waals surface area contributed by atoms with Crippen LogP contribution in [0.4, 0.5) is 11.6 Å². The lowest BCUT2D eigenvalue weighted by molar-refractivity contribution is 0.809. The summed E-state index contributed by atoms with van der Waals surface area (Å²) in [7, 11) is 0. The van der Waals surface area contributed by atoms with Crippen LogP contribution in [-0.4, -0.2) is 29.7 Å². The van der Waals surface area contributed by atoms with Crippen LogP contribution in [0, 0.1) is 6.92 Å². The van der Waals surface area contributed by atoms with Gasteiger partial charge in [-0.2, -0.15) is 15.1 Å². The molecule has 4 rings (SSSR count). The number of aryl methyl sites for hydroxylation is 1. The smallest absolute Gasteiger partial charge is 0.254 e. The van der Waals surface area contributed by atoms with E-state index >= 15 is 0 Å². The molecule has 27 heavy (non-hydrogen) atoms. The van der Waals surface area contributed by atoms with Crippen molar-refractivity contribution >= 4 is 38.9 Å². The van der Waals surface area contributed by atoms with Gasteiger partial charge in [0.25, 0.3) is 5.95 Å². The van der Waals surface area contributed by atoms with Gasteiger partial charge in [0.1, 0.15) is 16.1 Å². The highest BCUT2D eigenvalue weighted by Crippen LogP contribution is 2.28. The number of hydrogen-bond acceptors (Lipinski definition) is 8. The molecule has 0 spiro atoms. The van der Waals surface area contributed by atoms with Crippen molar-refractivity contribution in [3.05, 3.63) is 57.3 Å². The minimum absolute atomic E-state index is 0.332. The van der Waals surface area contributed by atoms with Gasteiger partial charge in [-0.25, -0.2) is 9.67 Å². The van der Waals surface area contributed by atoms with Gasteiger partial charge in [0.05, 0.1) is 29.6 Å². The third-order valence-electron chi connectivity index (χ3n) is 3.87. The lowest BCUT2D eigenvalue weighted by atomic mass is 10.2. The molecule has 0 aliphatic rings. The molecule has 4 aromatic heterocycles. The van der Waals surface area contributed by atoms with Gasteiger partial charge in [0.2, 0.25) is 0 Å². The number of nitrogen functional groups attached to an aromatic ring is 1. The van der Waals surface area contributed by atoms with E-state index in [0.29, 0.717) is 28.6 Å². The Balaban J connectivity index is 1.63. The first-order valence-corrected chi connectivity index (χ1v) is 9.71. The standard InChI is InChI=1S/C17H15BrN8S/c1-10-13(27-9-22-10)7-21-16-14(18)15(19)24-17(25-16)26-8-11(6-23-26)12-4-2-3-5-20-12/h2-6,8-9H,7H2,1H3,(H3,19,21,24,25). The molecule has 10 heteroatoms. The van der Waals surface area contributed by atoms with Crippen LogP contribution in [0.5, 0.6) is 0 Å². The molecule has 0 fully saturated rings. The maximum Gasteiger partial charge on any atom is 0.254 e. The number of aromatic nitrogens is 6. The van der Waals surface area contributed by atoms with Crippen molar-refractivity contribution in [3.63, 3.8) is 0 Å². The van der Waals surface area contributed by atoms with Crippen LogP contribution in [0.1, 0.15) is 10.6 Å². The predicted molar refractivity (Wildman–Crippen MR) is 109 cm³/mol. The molecule has 136 valence electrons. The molecule has 0 aliphatic heterocycles. The number of pyridine rings is 1. The molecule has 4 aromatic rings. The number of nitrogens with two attached hydrogens (primary N) is 1. The summed E-state index contributed by atoms with van der Waals surface area (Å²) in [6, 6.07) is 5.72. The van der Waals surface area contributed by atoms with Crippen LogP contribution < -0.4 is 11.1 Å². The maximum atomic E-state index is 6.05. The molecule has 0 aliphatic carbocycles. The minimum atomic E-state index is 0.332. The summed E-state index contributed by atoms with van der Waals surface area (Å²) in [6.45, 7) is 2.58. The first kappa shape index (κ1) is 17.6. The van der Waals surface area contributed by atoms with Crippen LogP contribution >= 0.6 is 27.3 Å². The van der Waals surface area contributed by atoms with Crippen molar-refractivity contribution in [2.75, 3.05) is 11.1 Å². The van der Waals surface area contributed by atoms with E-state index in [4.69, 9.17) is 5.73 Å². The van der Waals surface area contributed by atoms with Crippen molar-refractivity contribution in [2.45, 2.75) is 13.5 Å². The van der Waals surface area contributed by atoms with E-state index in [1.165, 1.54) is 0 Å². The Morgan fingerprint density at radius 2 is 2.15 bits per heavy atom. The molecule has 0 amide bonds. The fraction of sp³-hybridized carbons (Fsp3) is 0.118. The maximum absolute atomic E-state index is 6.05. The second kappa shape index (κ2) is 7.41. The zero-order valence-corrected chi connectivity index (χ0v) is 16.7. The molecular formula is C17H15BrN8S. The highest BCUT2D eigenvalue weighted by molar-refractivity contribution is 9.10. The molecule has 8 nitrogen and oxygen atoms in total. The van der Waals surface area contributed by atoms with Crippen molar-refractivity contribution < 1.29 is 0 Å². The quantitative estimate of drug-likeness (QED) is 0.487. The molecular weight excluding hydrogens is 428 g/mol. The van der Waals surface area contributed by atoms with E-state index in [1.54, 1.807) is 28.4 Å². The summed E-state index contributed by atoms with van der Waals surface area (Å²) in [5.41, 5.74) is 10.6. The van der Waals surface area contributed by atoms with E-state index in [1.807, 2.05) is 36.8 Å². The lowest BCUT2D eigenvalue weighted by Gasteiger charge is -2.10. The van der Waals surface area contributed by atoms with Gasteiger partial charge in [0.15, 0.2) is 0 Å². The third-order valence-corrected chi connectivity index (χ3v) is 5.59. The van der Waals surface area contributed by atoms with Crippen molar-refractivity contribution in [1.82, 2.24) is 29.7 Å². The Morgan fingerprint density at radius 3 is 2.89 bits per heavy atom. The molecule has 3 N–H and O–H groups in total. The minimum Gasteiger partial charge on any atom is -0.383 e. The summed E-state index contributed by atoms with van der Waals surface area (Å²) < 4.78 is 2.20. The van der Waals surface area contributed by atoms with E-state index < -0.39 is 0 Å².